The molecule has 4 heteroatoms. The summed E-state index contributed by atoms with van der Waals surface area (Å²) in [5, 5.41) is 0. The van der Waals surface area contributed by atoms with Crippen molar-refractivity contribution in [2.24, 2.45) is 5.73 Å². The fraction of sp³-hybridized carbons (Fsp3) is 0.600. The van der Waals surface area contributed by atoms with E-state index in [4.69, 9.17) is 15.2 Å². The Hall–Kier alpha value is -1.10. The molecule has 1 atom stereocenters. The molecule has 0 saturated heterocycles. The number of nitrogens with two attached hydrogens (primary N) is 1. The van der Waals surface area contributed by atoms with Crippen molar-refractivity contribution < 1.29 is 9.47 Å². The van der Waals surface area contributed by atoms with Gasteiger partial charge >= 0.3 is 0 Å². The van der Waals surface area contributed by atoms with Gasteiger partial charge in [-0.3, -0.25) is 4.90 Å². The zero-order chi connectivity index (χ0) is 14.1. The van der Waals surface area contributed by atoms with Crippen molar-refractivity contribution in [3.05, 3.63) is 29.8 Å². The van der Waals surface area contributed by atoms with Crippen molar-refractivity contribution in [1.29, 1.82) is 0 Å². The van der Waals surface area contributed by atoms with Crippen LogP contribution in [0.1, 0.15) is 19.4 Å². The van der Waals surface area contributed by atoms with Gasteiger partial charge in [0.2, 0.25) is 0 Å². The van der Waals surface area contributed by atoms with Gasteiger partial charge in [-0.1, -0.05) is 25.1 Å². The van der Waals surface area contributed by atoms with E-state index in [-0.39, 0.29) is 0 Å². The van der Waals surface area contributed by atoms with Gasteiger partial charge in [0, 0.05) is 31.8 Å². The van der Waals surface area contributed by atoms with Crippen LogP contribution in [0.25, 0.3) is 0 Å². The fourth-order valence-electron chi connectivity index (χ4n) is 2.12. The molecule has 2 N–H and O–H groups in total. The van der Waals surface area contributed by atoms with Crippen molar-refractivity contribution in [1.82, 2.24) is 4.90 Å². The van der Waals surface area contributed by atoms with Crippen LogP contribution >= 0.6 is 0 Å². The Bertz CT molecular complexity index is 358. The number of rotatable bonds is 9. The quantitative estimate of drug-likeness (QED) is 0.741. The highest BCUT2D eigenvalue weighted by atomic mass is 16.5. The third kappa shape index (κ3) is 5.19. The van der Waals surface area contributed by atoms with Crippen molar-refractivity contribution in [3.63, 3.8) is 0 Å². The lowest BCUT2D eigenvalue weighted by atomic mass is 10.2. The van der Waals surface area contributed by atoms with Gasteiger partial charge in [0.05, 0.1) is 6.61 Å². The first-order chi connectivity index (χ1) is 9.22. The summed E-state index contributed by atoms with van der Waals surface area (Å²) in [6, 6.07) is 8.33. The average molecular weight is 266 g/mol. The average Bonchev–Trinajstić information content (AvgIpc) is 2.44. The topological polar surface area (TPSA) is 47.7 Å². The highest BCUT2D eigenvalue weighted by Crippen LogP contribution is 2.16. The molecule has 0 aliphatic carbocycles. The van der Waals surface area contributed by atoms with E-state index >= 15 is 0 Å². The summed E-state index contributed by atoms with van der Waals surface area (Å²) < 4.78 is 11.0. The molecule has 0 aliphatic heterocycles. The number of methoxy groups -OCH3 is 1. The van der Waals surface area contributed by atoms with Crippen molar-refractivity contribution in [2.45, 2.75) is 26.4 Å². The Kier molecular flexibility index (Phi) is 7.48. The van der Waals surface area contributed by atoms with Gasteiger partial charge in [0.1, 0.15) is 12.4 Å². The number of likely N-dealkylation sites (N-methyl/N-ethyl adjacent to an activating group) is 1. The first kappa shape index (κ1) is 16.0. The van der Waals surface area contributed by atoms with Gasteiger partial charge in [-0.15, -0.1) is 0 Å². The molecule has 0 spiro atoms. The molecule has 1 unspecified atom stereocenters. The van der Waals surface area contributed by atoms with Crippen LogP contribution in [0.15, 0.2) is 24.3 Å². The Morgan fingerprint density at radius 2 is 2.05 bits per heavy atom. The lowest BCUT2D eigenvalue weighted by molar-refractivity contribution is 0.0919. The van der Waals surface area contributed by atoms with Gasteiger partial charge in [0.15, 0.2) is 0 Å². The van der Waals surface area contributed by atoms with Crippen LogP contribution in [0.5, 0.6) is 5.75 Å². The number of ether oxygens (including phenoxy) is 2. The number of para-hydroxylation sites is 1. The molecule has 4 nitrogen and oxygen atoms in total. The summed E-state index contributed by atoms with van der Waals surface area (Å²) in [6.07, 6.45) is 0. The molecule has 0 bridgehead atoms. The normalized spacial score (nSPS) is 12.7. The van der Waals surface area contributed by atoms with Crippen LogP contribution in [-0.4, -0.2) is 44.4 Å². The molecule has 0 heterocycles. The minimum atomic E-state index is 0.406. The lowest BCUT2D eigenvalue weighted by Crippen LogP contribution is -2.38. The molecule has 0 aliphatic rings. The van der Waals surface area contributed by atoms with Gasteiger partial charge in [-0.25, -0.2) is 0 Å². The van der Waals surface area contributed by atoms with Gasteiger partial charge < -0.3 is 15.2 Å². The summed E-state index contributed by atoms with van der Waals surface area (Å²) in [6.45, 7) is 8.12. The minimum absolute atomic E-state index is 0.406. The Morgan fingerprint density at radius 1 is 1.32 bits per heavy atom. The number of nitrogens with zero attached hydrogens (tertiary/aromatic N) is 1. The molecule has 0 radical (unpaired) electrons. The molecule has 0 fully saturated rings. The van der Waals surface area contributed by atoms with Crippen molar-refractivity contribution in [3.8, 4) is 5.75 Å². The van der Waals surface area contributed by atoms with Crippen LogP contribution < -0.4 is 10.5 Å². The number of benzene rings is 1. The third-order valence-electron chi connectivity index (χ3n) is 3.27. The van der Waals surface area contributed by atoms with Crippen LogP contribution in [0.2, 0.25) is 0 Å². The van der Waals surface area contributed by atoms with Crippen LogP contribution in [0.4, 0.5) is 0 Å². The van der Waals surface area contributed by atoms with Crippen molar-refractivity contribution >= 4 is 0 Å². The maximum absolute atomic E-state index is 5.83. The summed E-state index contributed by atoms with van der Waals surface area (Å²) in [5.74, 6) is 0.889. The highest BCUT2D eigenvalue weighted by molar-refractivity contribution is 5.32. The molecular weight excluding hydrogens is 240 g/mol. The smallest absolute Gasteiger partial charge is 0.123 e. The Balaban J connectivity index is 2.43. The van der Waals surface area contributed by atoms with E-state index in [0.29, 0.717) is 19.2 Å². The Morgan fingerprint density at radius 3 is 2.68 bits per heavy atom. The van der Waals surface area contributed by atoms with Crippen molar-refractivity contribution in [2.75, 3.05) is 33.4 Å². The van der Waals surface area contributed by atoms with Gasteiger partial charge in [0.25, 0.3) is 0 Å². The maximum atomic E-state index is 5.83. The highest BCUT2D eigenvalue weighted by Gasteiger charge is 2.11. The lowest BCUT2D eigenvalue weighted by Gasteiger charge is -2.27. The zero-order valence-electron chi connectivity index (χ0n) is 12.3. The monoisotopic (exact) mass is 266 g/mol. The maximum Gasteiger partial charge on any atom is 0.123 e. The second kappa shape index (κ2) is 8.91. The zero-order valence-corrected chi connectivity index (χ0v) is 12.3. The SMILES string of the molecule is CCN(CCOc1ccccc1CN)C(C)COC. The second-order valence-electron chi connectivity index (χ2n) is 4.59. The molecule has 0 saturated carbocycles. The van der Waals surface area contributed by atoms with E-state index in [0.717, 1.165) is 31.0 Å². The summed E-state index contributed by atoms with van der Waals surface area (Å²) in [4.78, 5) is 2.34. The van der Waals surface area contributed by atoms with E-state index in [1.807, 2.05) is 24.3 Å². The Labute approximate surface area is 116 Å². The van der Waals surface area contributed by atoms with Crippen LogP contribution in [0, 0.1) is 0 Å². The van der Waals surface area contributed by atoms with E-state index in [1.165, 1.54) is 0 Å². The number of hydrogen-bond donors (Lipinski definition) is 1. The predicted octanol–water partition coefficient (Wildman–Crippen LogP) is 1.88. The van der Waals surface area contributed by atoms with E-state index < -0.39 is 0 Å². The van der Waals surface area contributed by atoms with Gasteiger partial charge in [-0.05, 0) is 19.5 Å². The first-order valence-corrected chi connectivity index (χ1v) is 6.86. The van der Waals surface area contributed by atoms with Crippen LogP contribution in [-0.2, 0) is 11.3 Å². The molecule has 0 amide bonds. The van der Waals surface area contributed by atoms with E-state index in [9.17, 15) is 0 Å². The fourth-order valence-corrected chi connectivity index (χ4v) is 2.12. The predicted molar refractivity (Wildman–Crippen MR) is 78.4 cm³/mol. The van der Waals surface area contributed by atoms with Crippen LogP contribution in [0.3, 0.4) is 0 Å². The molecule has 1 aromatic carbocycles. The summed E-state index contributed by atoms with van der Waals surface area (Å²) in [5.41, 5.74) is 6.74. The molecule has 1 aromatic rings. The first-order valence-electron chi connectivity index (χ1n) is 6.86. The molecular formula is C15H26N2O2. The number of hydrogen-bond acceptors (Lipinski definition) is 4. The standard InChI is InChI=1S/C15H26N2O2/c1-4-17(13(2)12-18-3)9-10-19-15-8-6-5-7-14(15)11-16/h5-8,13H,4,9-12,16H2,1-3H3. The van der Waals surface area contributed by atoms with E-state index in [1.54, 1.807) is 7.11 Å². The largest absolute Gasteiger partial charge is 0.492 e. The third-order valence-corrected chi connectivity index (χ3v) is 3.27. The molecule has 108 valence electrons. The molecule has 0 aromatic heterocycles. The van der Waals surface area contributed by atoms with Gasteiger partial charge in [-0.2, -0.15) is 0 Å². The molecule has 19 heavy (non-hydrogen) atoms. The summed E-state index contributed by atoms with van der Waals surface area (Å²) in [7, 11) is 1.73. The van der Waals surface area contributed by atoms with E-state index in [2.05, 4.69) is 18.7 Å². The minimum Gasteiger partial charge on any atom is -0.492 e. The summed E-state index contributed by atoms with van der Waals surface area (Å²) >= 11 is 0. The molecule has 1 rings (SSSR count). The second-order valence-corrected chi connectivity index (χ2v) is 4.59.